The number of nitrogens with zero attached hydrogens (tertiary/aromatic N) is 1. The first kappa shape index (κ1) is 13.5. The van der Waals surface area contributed by atoms with Crippen molar-refractivity contribution in [2.24, 2.45) is 0 Å². The third kappa shape index (κ3) is 3.79. The summed E-state index contributed by atoms with van der Waals surface area (Å²) in [7, 11) is 0. The monoisotopic (exact) mass is 320 g/mol. The van der Waals surface area contributed by atoms with Crippen LogP contribution in [0.25, 0.3) is 0 Å². The van der Waals surface area contributed by atoms with Crippen molar-refractivity contribution in [2.45, 2.75) is 6.42 Å². The summed E-state index contributed by atoms with van der Waals surface area (Å²) < 4.78 is 1.00. The van der Waals surface area contributed by atoms with Gasteiger partial charge in [-0.15, -0.1) is 0 Å². The molecule has 0 spiro atoms. The van der Waals surface area contributed by atoms with E-state index >= 15 is 0 Å². The molecule has 0 aliphatic rings. The molecule has 0 heterocycles. The van der Waals surface area contributed by atoms with Crippen molar-refractivity contribution in [2.75, 3.05) is 11.9 Å². The van der Waals surface area contributed by atoms with E-state index in [0.29, 0.717) is 13.0 Å². The summed E-state index contributed by atoms with van der Waals surface area (Å²) in [5.74, 6) is 0. The lowest BCUT2D eigenvalue weighted by atomic mass is 10.1. The molecule has 2 aromatic carbocycles. The number of nitrogens with one attached hydrogen (secondary N) is 1. The van der Waals surface area contributed by atoms with E-state index in [1.54, 1.807) is 12.1 Å². The third-order valence-electron chi connectivity index (χ3n) is 2.74. The Bertz CT molecular complexity index is 587. The van der Waals surface area contributed by atoms with Gasteiger partial charge in [0.15, 0.2) is 0 Å². The summed E-state index contributed by atoms with van der Waals surface area (Å²) in [6, 6.07) is 14.7. The van der Waals surface area contributed by atoms with Gasteiger partial charge in [-0.25, -0.2) is 0 Å². The van der Waals surface area contributed by atoms with Crippen LogP contribution in [0.2, 0.25) is 0 Å². The van der Waals surface area contributed by atoms with Crippen LogP contribution in [0.4, 0.5) is 11.4 Å². The summed E-state index contributed by atoms with van der Waals surface area (Å²) in [4.78, 5) is 10.5. The number of benzene rings is 2. The van der Waals surface area contributed by atoms with Gasteiger partial charge in [0, 0.05) is 28.3 Å². The van der Waals surface area contributed by atoms with E-state index in [0.717, 1.165) is 15.7 Å². The number of anilines is 1. The van der Waals surface area contributed by atoms with Crippen LogP contribution in [-0.4, -0.2) is 11.5 Å². The van der Waals surface area contributed by atoms with Crippen LogP contribution < -0.4 is 5.32 Å². The second-order valence-corrected chi connectivity index (χ2v) is 4.99. The predicted molar refractivity (Wildman–Crippen MR) is 79.4 cm³/mol. The van der Waals surface area contributed by atoms with E-state index in [1.807, 2.05) is 30.3 Å². The van der Waals surface area contributed by atoms with Crippen LogP contribution in [0.5, 0.6) is 0 Å². The van der Waals surface area contributed by atoms with Gasteiger partial charge in [0.05, 0.1) is 4.92 Å². The van der Waals surface area contributed by atoms with Crippen molar-refractivity contribution in [3.63, 3.8) is 0 Å². The minimum absolute atomic E-state index is 0.179. The summed E-state index contributed by atoms with van der Waals surface area (Å²) in [6.45, 7) is 0.654. The predicted octanol–water partition coefficient (Wildman–Crippen LogP) is 4.01. The lowest BCUT2D eigenvalue weighted by Crippen LogP contribution is -2.06. The first-order valence-electron chi connectivity index (χ1n) is 5.88. The minimum Gasteiger partial charge on any atom is -0.385 e. The maximum absolute atomic E-state index is 10.9. The Hall–Kier alpha value is -1.88. The largest absolute Gasteiger partial charge is 0.385 e. The van der Waals surface area contributed by atoms with E-state index in [1.165, 1.54) is 6.07 Å². The van der Waals surface area contributed by atoms with Crippen molar-refractivity contribution >= 4 is 27.3 Å². The van der Waals surface area contributed by atoms with Crippen LogP contribution in [0.1, 0.15) is 5.56 Å². The molecule has 0 aliphatic carbocycles. The van der Waals surface area contributed by atoms with Gasteiger partial charge in [-0.2, -0.15) is 0 Å². The number of nitro benzene ring substituents is 1. The molecule has 0 aliphatic heterocycles. The highest BCUT2D eigenvalue weighted by molar-refractivity contribution is 9.10. The first-order chi connectivity index (χ1) is 9.16. The second kappa shape index (κ2) is 6.33. The zero-order valence-electron chi connectivity index (χ0n) is 10.2. The van der Waals surface area contributed by atoms with Crippen molar-refractivity contribution < 1.29 is 4.92 Å². The van der Waals surface area contributed by atoms with Crippen molar-refractivity contribution in [3.8, 4) is 0 Å². The first-order valence-corrected chi connectivity index (χ1v) is 6.68. The summed E-state index contributed by atoms with van der Waals surface area (Å²) >= 11 is 3.40. The van der Waals surface area contributed by atoms with Gasteiger partial charge < -0.3 is 5.32 Å². The standard InChI is InChI=1S/C14H13BrN2O2/c15-12-5-3-6-13(10-12)16-9-8-11-4-1-2-7-14(11)17(18)19/h1-7,10,16H,8-9H2. The Labute approximate surface area is 119 Å². The maximum Gasteiger partial charge on any atom is 0.272 e. The SMILES string of the molecule is O=[N+]([O-])c1ccccc1CCNc1cccc(Br)c1. The molecule has 0 radical (unpaired) electrons. The van der Waals surface area contributed by atoms with Gasteiger partial charge in [0.1, 0.15) is 0 Å². The van der Waals surface area contributed by atoms with Gasteiger partial charge in [-0.1, -0.05) is 40.2 Å². The van der Waals surface area contributed by atoms with Crippen LogP contribution in [0.3, 0.4) is 0 Å². The third-order valence-corrected chi connectivity index (χ3v) is 3.23. The Morgan fingerprint density at radius 2 is 1.95 bits per heavy atom. The van der Waals surface area contributed by atoms with Gasteiger partial charge in [0.2, 0.25) is 0 Å². The number of rotatable bonds is 5. The quantitative estimate of drug-likeness (QED) is 0.669. The molecular formula is C14H13BrN2O2. The molecule has 19 heavy (non-hydrogen) atoms. The smallest absolute Gasteiger partial charge is 0.272 e. The Balaban J connectivity index is 1.98. The van der Waals surface area contributed by atoms with Crippen molar-refractivity contribution in [1.82, 2.24) is 0 Å². The molecule has 0 bridgehead atoms. The molecule has 5 heteroatoms. The highest BCUT2D eigenvalue weighted by atomic mass is 79.9. The molecule has 0 unspecified atom stereocenters. The van der Waals surface area contributed by atoms with Gasteiger partial charge in [0.25, 0.3) is 5.69 Å². The fourth-order valence-electron chi connectivity index (χ4n) is 1.84. The van der Waals surface area contributed by atoms with Crippen molar-refractivity contribution in [1.29, 1.82) is 0 Å². The average molecular weight is 321 g/mol. The van der Waals surface area contributed by atoms with Gasteiger partial charge >= 0.3 is 0 Å². The summed E-state index contributed by atoms with van der Waals surface area (Å²) in [6.07, 6.45) is 0.615. The molecule has 2 aromatic rings. The highest BCUT2D eigenvalue weighted by Crippen LogP contribution is 2.19. The van der Waals surface area contributed by atoms with Crippen LogP contribution in [0.15, 0.2) is 53.0 Å². The van der Waals surface area contributed by atoms with E-state index in [9.17, 15) is 10.1 Å². The molecular weight excluding hydrogens is 308 g/mol. The molecule has 0 aromatic heterocycles. The number of hydrogen-bond acceptors (Lipinski definition) is 3. The molecule has 0 saturated heterocycles. The zero-order valence-corrected chi connectivity index (χ0v) is 11.8. The van der Waals surface area contributed by atoms with E-state index in [4.69, 9.17) is 0 Å². The second-order valence-electron chi connectivity index (χ2n) is 4.07. The Kier molecular flexibility index (Phi) is 4.52. The number of para-hydroxylation sites is 1. The van der Waals surface area contributed by atoms with E-state index in [-0.39, 0.29) is 10.6 Å². The maximum atomic E-state index is 10.9. The van der Waals surface area contributed by atoms with Crippen LogP contribution >= 0.6 is 15.9 Å². The average Bonchev–Trinajstić information content (AvgIpc) is 2.39. The van der Waals surface area contributed by atoms with E-state index < -0.39 is 0 Å². The zero-order chi connectivity index (χ0) is 13.7. The fourth-order valence-corrected chi connectivity index (χ4v) is 2.24. The Morgan fingerprint density at radius 3 is 2.68 bits per heavy atom. The molecule has 4 nitrogen and oxygen atoms in total. The molecule has 1 N–H and O–H groups in total. The molecule has 98 valence electrons. The van der Waals surface area contributed by atoms with E-state index in [2.05, 4.69) is 21.2 Å². The molecule has 2 rings (SSSR count). The number of nitro groups is 1. The van der Waals surface area contributed by atoms with Gasteiger partial charge in [-0.3, -0.25) is 10.1 Å². The highest BCUT2D eigenvalue weighted by Gasteiger charge is 2.11. The fraction of sp³-hybridized carbons (Fsp3) is 0.143. The Morgan fingerprint density at radius 1 is 1.16 bits per heavy atom. The number of halogens is 1. The minimum atomic E-state index is -0.339. The number of hydrogen-bond donors (Lipinski definition) is 1. The topological polar surface area (TPSA) is 55.2 Å². The molecule has 0 amide bonds. The normalized spacial score (nSPS) is 10.2. The summed E-state index contributed by atoms with van der Waals surface area (Å²) in [5.41, 5.74) is 1.92. The van der Waals surface area contributed by atoms with Crippen LogP contribution in [-0.2, 0) is 6.42 Å². The molecule has 0 atom stereocenters. The molecule has 0 saturated carbocycles. The van der Waals surface area contributed by atoms with Crippen LogP contribution in [0, 0.1) is 10.1 Å². The van der Waals surface area contributed by atoms with Crippen molar-refractivity contribution in [3.05, 3.63) is 68.7 Å². The van der Waals surface area contributed by atoms with Gasteiger partial charge in [-0.05, 0) is 24.6 Å². The lowest BCUT2D eigenvalue weighted by molar-refractivity contribution is -0.385. The summed E-state index contributed by atoms with van der Waals surface area (Å²) in [5, 5.41) is 14.1. The molecule has 0 fully saturated rings. The lowest BCUT2D eigenvalue weighted by Gasteiger charge is -2.07.